The van der Waals surface area contributed by atoms with Crippen molar-refractivity contribution in [3.63, 3.8) is 0 Å². The second kappa shape index (κ2) is 8.89. The monoisotopic (exact) mass is 439 g/mol. The Kier molecular flexibility index (Phi) is 6.06. The minimum absolute atomic E-state index is 0.0426. The average Bonchev–Trinajstić information content (AvgIpc) is 3.41. The second-order valence-electron chi connectivity index (χ2n) is 7.25. The first kappa shape index (κ1) is 20.4. The molecule has 8 heteroatoms. The largest absolute Gasteiger partial charge is 0.339 e. The number of benzene rings is 1. The molecule has 1 amide bonds. The first-order valence-corrected chi connectivity index (χ1v) is 11.5. The van der Waals surface area contributed by atoms with Gasteiger partial charge in [-0.15, -0.1) is 22.7 Å². The maximum absolute atomic E-state index is 12.5. The smallest absolute Gasteiger partial charge is 0.278 e. The van der Waals surface area contributed by atoms with Crippen LogP contribution in [0.25, 0.3) is 17.3 Å². The molecule has 3 heterocycles. The molecule has 4 rings (SSSR count). The van der Waals surface area contributed by atoms with Gasteiger partial charge in [0.1, 0.15) is 0 Å². The van der Waals surface area contributed by atoms with Gasteiger partial charge >= 0.3 is 0 Å². The van der Waals surface area contributed by atoms with Crippen LogP contribution in [0.3, 0.4) is 0 Å². The van der Waals surface area contributed by atoms with Crippen LogP contribution in [0.1, 0.15) is 34.2 Å². The number of carbonyl (C=O) groups is 1. The van der Waals surface area contributed by atoms with Crippen LogP contribution in [0.2, 0.25) is 0 Å². The van der Waals surface area contributed by atoms with Crippen molar-refractivity contribution in [1.82, 2.24) is 9.88 Å². The molecule has 0 radical (unpaired) electrons. The molecule has 0 N–H and O–H groups in total. The lowest BCUT2D eigenvalue weighted by molar-refractivity contribution is -0.384. The van der Waals surface area contributed by atoms with Gasteiger partial charge in [0.25, 0.3) is 5.69 Å². The summed E-state index contributed by atoms with van der Waals surface area (Å²) in [7, 11) is 0. The summed E-state index contributed by atoms with van der Waals surface area (Å²) in [5.74, 6) is 0.320. The summed E-state index contributed by atoms with van der Waals surface area (Å²) in [6, 6.07) is 8.74. The fourth-order valence-electron chi connectivity index (χ4n) is 3.60. The fourth-order valence-corrected chi connectivity index (χ4v) is 5.41. The highest BCUT2D eigenvalue weighted by atomic mass is 32.1. The Morgan fingerprint density at radius 1 is 1.23 bits per heavy atom. The number of thiophene rings is 1. The van der Waals surface area contributed by atoms with Crippen LogP contribution < -0.4 is 0 Å². The summed E-state index contributed by atoms with van der Waals surface area (Å²) >= 11 is 3.17. The third-order valence-corrected chi connectivity index (χ3v) is 7.32. The molecule has 6 nitrogen and oxygen atoms in total. The van der Waals surface area contributed by atoms with Crippen LogP contribution >= 0.6 is 22.7 Å². The van der Waals surface area contributed by atoms with E-state index in [2.05, 4.69) is 0 Å². The third kappa shape index (κ3) is 4.34. The molecule has 30 heavy (non-hydrogen) atoms. The van der Waals surface area contributed by atoms with Crippen molar-refractivity contribution in [3.8, 4) is 11.3 Å². The lowest BCUT2D eigenvalue weighted by atomic mass is 9.97. The molecule has 1 fully saturated rings. The first-order valence-electron chi connectivity index (χ1n) is 9.73. The molecule has 1 aromatic carbocycles. The molecule has 1 aliphatic heterocycles. The highest BCUT2D eigenvalue weighted by Gasteiger charge is 2.26. The number of nitro benzene ring substituents is 1. The molecule has 154 valence electrons. The minimum atomic E-state index is -0.371. The van der Waals surface area contributed by atoms with Crippen molar-refractivity contribution < 1.29 is 9.72 Å². The molecular formula is C22H21N3O3S2. The normalized spacial score (nSPS) is 15.0. The Morgan fingerprint density at radius 2 is 2.00 bits per heavy atom. The van der Waals surface area contributed by atoms with Gasteiger partial charge in [-0.3, -0.25) is 14.9 Å². The van der Waals surface area contributed by atoms with Crippen LogP contribution in [0.15, 0.2) is 47.2 Å². The molecule has 0 saturated carbocycles. The number of thiazole rings is 1. The predicted molar refractivity (Wildman–Crippen MR) is 121 cm³/mol. The van der Waals surface area contributed by atoms with Crippen molar-refractivity contribution in [3.05, 3.63) is 72.7 Å². The summed E-state index contributed by atoms with van der Waals surface area (Å²) < 4.78 is 0. The van der Waals surface area contributed by atoms with E-state index in [0.29, 0.717) is 24.3 Å². The summed E-state index contributed by atoms with van der Waals surface area (Å²) in [5.41, 5.74) is 2.45. The number of likely N-dealkylation sites (tertiary alicyclic amines) is 1. The van der Waals surface area contributed by atoms with Crippen molar-refractivity contribution in [2.45, 2.75) is 25.7 Å². The molecule has 2 aromatic heterocycles. The molecule has 0 spiro atoms. The third-order valence-electron chi connectivity index (χ3n) is 5.33. The number of aromatic nitrogens is 1. The Bertz CT molecular complexity index is 1090. The van der Waals surface area contributed by atoms with E-state index in [1.807, 2.05) is 34.7 Å². The standard InChI is InChI=1S/C22H21N3O3S2/c1-15-10-13-29-20(15)6-7-21(26)24-11-8-16(9-12-24)22-23-18(14-30-22)17-4-2-3-5-19(17)25(27)28/h2-7,10,13-14,16H,8-9,11-12H2,1H3. The second-order valence-corrected chi connectivity index (χ2v) is 9.08. The summed E-state index contributed by atoms with van der Waals surface area (Å²) in [6.07, 6.45) is 5.26. The molecule has 1 saturated heterocycles. The Balaban J connectivity index is 1.39. The predicted octanol–water partition coefficient (Wildman–Crippen LogP) is 5.51. The number of amides is 1. The van der Waals surface area contributed by atoms with E-state index < -0.39 is 0 Å². The number of piperidine rings is 1. The molecule has 3 aromatic rings. The summed E-state index contributed by atoms with van der Waals surface area (Å²) in [4.78, 5) is 31.1. The van der Waals surface area contributed by atoms with E-state index in [0.717, 1.165) is 22.7 Å². The molecule has 1 aliphatic rings. The topological polar surface area (TPSA) is 76.3 Å². The minimum Gasteiger partial charge on any atom is -0.339 e. The maximum atomic E-state index is 12.5. The van der Waals surface area contributed by atoms with Gasteiger partial charge in [0.05, 0.1) is 21.2 Å². The molecule has 0 unspecified atom stereocenters. The summed E-state index contributed by atoms with van der Waals surface area (Å²) in [6.45, 7) is 3.42. The highest BCUT2D eigenvalue weighted by Crippen LogP contribution is 2.35. The van der Waals surface area contributed by atoms with E-state index in [9.17, 15) is 14.9 Å². The Morgan fingerprint density at radius 3 is 2.70 bits per heavy atom. The number of hydrogen-bond acceptors (Lipinski definition) is 6. The molecule has 0 aliphatic carbocycles. The first-order chi connectivity index (χ1) is 14.5. The van der Waals surface area contributed by atoms with Crippen molar-refractivity contribution >= 4 is 40.3 Å². The van der Waals surface area contributed by atoms with E-state index in [1.54, 1.807) is 46.9 Å². The number of aryl methyl sites for hydroxylation is 1. The van der Waals surface area contributed by atoms with Crippen molar-refractivity contribution in [2.75, 3.05) is 13.1 Å². The van der Waals surface area contributed by atoms with Gasteiger partial charge in [-0.2, -0.15) is 0 Å². The van der Waals surface area contributed by atoms with E-state index in [1.165, 1.54) is 11.6 Å². The quantitative estimate of drug-likeness (QED) is 0.298. The van der Waals surface area contributed by atoms with Gasteiger partial charge < -0.3 is 4.90 Å². The zero-order valence-electron chi connectivity index (χ0n) is 16.5. The van der Waals surface area contributed by atoms with Gasteiger partial charge in [0.15, 0.2) is 0 Å². The van der Waals surface area contributed by atoms with Crippen LogP contribution in [-0.2, 0) is 4.79 Å². The van der Waals surface area contributed by atoms with Crippen LogP contribution in [0.4, 0.5) is 5.69 Å². The van der Waals surface area contributed by atoms with Gasteiger partial charge in [-0.05, 0) is 48.9 Å². The number of rotatable bonds is 5. The highest BCUT2D eigenvalue weighted by molar-refractivity contribution is 7.11. The van der Waals surface area contributed by atoms with Gasteiger partial charge in [-0.25, -0.2) is 4.98 Å². The summed E-state index contributed by atoms with van der Waals surface area (Å²) in [5, 5.41) is 16.2. The van der Waals surface area contributed by atoms with Crippen molar-refractivity contribution in [2.24, 2.45) is 0 Å². The number of hydrogen-bond donors (Lipinski definition) is 0. The fraction of sp³-hybridized carbons (Fsp3) is 0.273. The zero-order valence-corrected chi connectivity index (χ0v) is 18.1. The lowest BCUT2D eigenvalue weighted by Gasteiger charge is -2.30. The molecule has 0 atom stereocenters. The van der Waals surface area contributed by atoms with Gasteiger partial charge in [0.2, 0.25) is 5.91 Å². The van der Waals surface area contributed by atoms with Gasteiger partial charge in [-0.1, -0.05) is 12.1 Å². The SMILES string of the molecule is Cc1ccsc1C=CC(=O)N1CCC(c2nc(-c3ccccc3[N+](=O)[O-])cs2)CC1. The van der Waals surface area contributed by atoms with Gasteiger partial charge in [0, 0.05) is 41.4 Å². The van der Waals surface area contributed by atoms with Crippen molar-refractivity contribution in [1.29, 1.82) is 0 Å². The Hall–Kier alpha value is -2.84. The zero-order chi connectivity index (χ0) is 21.1. The average molecular weight is 440 g/mol. The Labute approximate surface area is 182 Å². The number of para-hydroxylation sites is 1. The van der Waals surface area contributed by atoms with E-state index in [4.69, 9.17) is 4.98 Å². The van der Waals surface area contributed by atoms with Crippen LogP contribution in [0.5, 0.6) is 0 Å². The van der Waals surface area contributed by atoms with Crippen LogP contribution in [0, 0.1) is 17.0 Å². The molecule has 0 bridgehead atoms. The molecular weight excluding hydrogens is 418 g/mol. The van der Waals surface area contributed by atoms with E-state index >= 15 is 0 Å². The number of carbonyl (C=O) groups excluding carboxylic acids is 1. The van der Waals surface area contributed by atoms with Crippen LogP contribution in [-0.4, -0.2) is 33.8 Å². The lowest BCUT2D eigenvalue weighted by Crippen LogP contribution is -2.36. The number of nitro groups is 1. The van der Waals surface area contributed by atoms with E-state index in [-0.39, 0.29) is 22.4 Å². The maximum Gasteiger partial charge on any atom is 0.278 e. The number of nitrogens with zero attached hydrogens (tertiary/aromatic N) is 3.